The maximum Gasteiger partial charge on any atom is 0.160 e. The highest BCUT2D eigenvalue weighted by Crippen LogP contribution is 2.29. The molecule has 2 aromatic rings. The van der Waals surface area contributed by atoms with Crippen molar-refractivity contribution in [2.45, 2.75) is 19.1 Å². The van der Waals surface area contributed by atoms with Gasteiger partial charge in [0.1, 0.15) is 12.4 Å². The molecule has 1 aliphatic heterocycles. The number of aliphatic hydroxyl groups excluding tert-OH is 1. The van der Waals surface area contributed by atoms with Crippen molar-refractivity contribution >= 4 is 11.6 Å². The largest absolute Gasteiger partial charge is 0.380 e. The second-order valence-corrected chi connectivity index (χ2v) is 4.27. The third-order valence-electron chi connectivity index (χ3n) is 2.89. The molecule has 4 nitrogen and oxygen atoms in total. The number of hydrogen-bond acceptors (Lipinski definition) is 3. The van der Waals surface area contributed by atoms with E-state index in [0.29, 0.717) is 10.8 Å². The Hall–Kier alpha value is -1.39. The zero-order valence-corrected chi connectivity index (χ0v) is 9.22. The quantitative estimate of drug-likeness (QED) is 0.754. The summed E-state index contributed by atoms with van der Waals surface area (Å²) in [5, 5.41) is 14.9. The normalized spacial score (nSPS) is 18.8. The fraction of sp³-hybridized carbons (Fsp3) is 0.273. The Bertz CT molecular complexity index is 538. The lowest BCUT2D eigenvalue weighted by Gasteiger charge is -2.10. The van der Waals surface area contributed by atoms with Crippen LogP contribution in [0.25, 0.3) is 0 Å². The predicted octanol–water partition coefficient (Wildman–Crippen LogP) is 1.57. The van der Waals surface area contributed by atoms with Crippen LogP contribution in [0.15, 0.2) is 24.5 Å². The van der Waals surface area contributed by atoms with Crippen LogP contribution in [-0.4, -0.2) is 19.9 Å². The summed E-state index contributed by atoms with van der Waals surface area (Å²) in [6, 6.07) is 5.59. The Labute approximate surface area is 97.5 Å². The van der Waals surface area contributed by atoms with Crippen LogP contribution in [0.3, 0.4) is 0 Å². The first-order valence-electron chi connectivity index (χ1n) is 5.10. The standard InChI is InChI=1S/C11H10ClN3O/c12-8-2-1-7-3-4-15-11(13-6-14-15)10(16)9(7)5-8/h1-2,5-6,10,16H,3-4H2. The Morgan fingerprint density at radius 2 is 2.31 bits per heavy atom. The monoisotopic (exact) mass is 235 g/mol. The molecule has 0 spiro atoms. The topological polar surface area (TPSA) is 50.9 Å². The number of nitrogens with zero attached hydrogens (tertiary/aromatic N) is 3. The summed E-state index contributed by atoms with van der Waals surface area (Å²) in [6.45, 7) is 0.737. The van der Waals surface area contributed by atoms with Gasteiger partial charge in [0.2, 0.25) is 0 Å². The molecule has 1 aromatic carbocycles. The molecule has 5 heteroatoms. The highest BCUT2D eigenvalue weighted by molar-refractivity contribution is 6.30. The van der Waals surface area contributed by atoms with E-state index >= 15 is 0 Å². The molecule has 16 heavy (non-hydrogen) atoms. The molecule has 1 atom stereocenters. The molecule has 1 N–H and O–H groups in total. The lowest BCUT2D eigenvalue weighted by atomic mass is 10.0. The highest BCUT2D eigenvalue weighted by Gasteiger charge is 2.23. The number of aryl methyl sites for hydroxylation is 2. The van der Waals surface area contributed by atoms with Crippen molar-refractivity contribution in [3.8, 4) is 0 Å². The van der Waals surface area contributed by atoms with E-state index in [-0.39, 0.29) is 0 Å². The second kappa shape index (κ2) is 3.57. The molecule has 0 amide bonds. The molecule has 0 bridgehead atoms. The van der Waals surface area contributed by atoms with Crippen molar-refractivity contribution in [3.63, 3.8) is 0 Å². The Morgan fingerprint density at radius 1 is 1.44 bits per heavy atom. The average molecular weight is 236 g/mol. The van der Waals surface area contributed by atoms with Crippen molar-refractivity contribution in [1.82, 2.24) is 14.8 Å². The van der Waals surface area contributed by atoms with Gasteiger partial charge in [0.15, 0.2) is 5.82 Å². The van der Waals surface area contributed by atoms with Crippen molar-refractivity contribution in [3.05, 3.63) is 46.5 Å². The van der Waals surface area contributed by atoms with Crippen molar-refractivity contribution < 1.29 is 5.11 Å². The summed E-state index contributed by atoms with van der Waals surface area (Å²) in [4.78, 5) is 4.09. The van der Waals surface area contributed by atoms with E-state index in [9.17, 15) is 5.11 Å². The van der Waals surface area contributed by atoms with E-state index in [1.165, 1.54) is 6.33 Å². The van der Waals surface area contributed by atoms with Gasteiger partial charge in [0.05, 0.1) is 0 Å². The van der Waals surface area contributed by atoms with Gasteiger partial charge in [-0.1, -0.05) is 17.7 Å². The Balaban J connectivity index is 2.18. The maximum absolute atomic E-state index is 10.2. The van der Waals surface area contributed by atoms with Gasteiger partial charge in [0, 0.05) is 11.6 Å². The summed E-state index contributed by atoms with van der Waals surface area (Å²) < 4.78 is 1.73. The van der Waals surface area contributed by atoms with Crippen molar-refractivity contribution in [1.29, 1.82) is 0 Å². The average Bonchev–Trinajstić information content (AvgIpc) is 2.70. The molecule has 1 unspecified atom stereocenters. The second-order valence-electron chi connectivity index (χ2n) is 3.84. The smallest absolute Gasteiger partial charge is 0.160 e. The molecule has 1 aliphatic rings. The van der Waals surface area contributed by atoms with Crippen LogP contribution in [-0.2, 0) is 13.0 Å². The molecule has 2 heterocycles. The van der Waals surface area contributed by atoms with Crippen LogP contribution in [0.1, 0.15) is 23.1 Å². The predicted molar refractivity (Wildman–Crippen MR) is 59.2 cm³/mol. The van der Waals surface area contributed by atoms with Crippen LogP contribution < -0.4 is 0 Å². The van der Waals surface area contributed by atoms with Gasteiger partial charge in [0.25, 0.3) is 0 Å². The summed E-state index contributed by atoms with van der Waals surface area (Å²) in [7, 11) is 0. The van der Waals surface area contributed by atoms with Gasteiger partial charge in [-0.2, -0.15) is 5.10 Å². The van der Waals surface area contributed by atoms with Crippen LogP contribution in [0, 0.1) is 0 Å². The number of halogens is 1. The van der Waals surface area contributed by atoms with Crippen LogP contribution in [0.5, 0.6) is 0 Å². The molecule has 0 saturated carbocycles. The van der Waals surface area contributed by atoms with Gasteiger partial charge in [-0.05, 0) is 29.7 Å². The van der Waals surface area contributed by atoms with E-state index in [1.807, 2.05) is 12.1 Å². The first-order valence-corrected chi connectivity index (χ1v) is 5.47. The van der Waals surface area contributed by atoms with E-state index in [4.69, 9.17) is 11.6 Å². The zero-order chi connectivity index (χ0) is 11.1. The van der Waals surface area contributed by atoms with Crippen molar-refractivity contribution in [2.75, 3.05) is 0 Å². The number of hydrogen-bond donors (Lipinski definition) is 1. The van der Waals surface area contributed by atoms with E-state index < -0.39 is 6.10 Å². The van der Waals surface area contributed by atoms with Crippen LogP contribution >= 0.6 is 11.6 Å². The lowest BCUT2D eigenvalue weighted by Crippen LogP contribution is -2.08. The third-order valence-corrected chi connectivity index (χ3v) is 3.12. The van der Waals surface area contributed by atoms with Crippen LogP contribution in [0.2, 0.25) is 5.02 Å². The minimum absolute atomic E-state index is 0.584. The molecule has 0 aliphatic carbocycles. The first kappa shape index (κ1) is 9.81. The number of fused-ring (bicyclic) bond motifs is 2. The summed E-state index contributed by atoms with van der Waals surface area (Å²) >= 11 is 5.94. The zero-order valence-electron chi connectivity index (χ0n) is 8.47. The minimum atomic E-state index is -0.737. The molecule has 0 fully saturated rings. The fourth-order valence-corrected chi connectivity index (χ4v) is 2.25. The Kier molecular flexibility index (Phi) is 2.19. The third kappa shape index (κ3) is 1.42. The molecular weight excluding hydrogens is 226 g/mol. The first-order chi connectivity index (χ1) is 7.75. The van der Waals surface area contributed by atoms with E-state index in [1.54, 1.807) is 10.7 Å². The molecular formula is C11H10ClN3O. The number of rotatable bonds is 0. The molecule has 3 rings (SSSR count). The van der Waals surface area contributed by atoms with Gasteiger partial charge in [-0.25, -0.2) is 9.67 Å². The van der Waals surface area contributed by atoms with E-state index in [0.717, 1.165) is 24.1 Å². The molecule has 1 aromatic heterocycles. The minimum Gasteiger partial charge on any atom is -0.380 e. The van der Waals surface area contributed by atoms with Gasteiger partial charge >= 0.3 is 0 Å². The Morgan fingerprint density at radius 3 is 3.19 bits per heavy atom. The number of aromatic nitrogens is 3. The number of aliphatic hydroxyl groups is 1. The molecule has 0 saturated heterocycles. The summed E-state index contributed by atoms with van der Waals surface area (Å²) in [6.07, 6.45) is 1.56. The molecule has 82 valence electrons. The van der Waals surface area contributed by atoms with Gasteiger partial charge in [-0.15, -0.1) is 0 Å². The summed E-state index contributed by atoms with van der Waals surface area (Å²) in [5.74, 6) is 0.584. The lowest BCUT2D eigenvalue weighted by molar-refractivity contribution is 0.205. The van der Waals surface area contributed by atoms with Gasteiger partial charge < -0.3 is 5.11 Å². The van der Waals surface area contributed by atoms with E-state index in [2.05, 4.69) is 10.1 Å². The fourth-order valence-electron chi connectivity index (χ4n) is 2.07. The maximum atomic E-state index is 10.2. The SMILES string of the molecule is OC1c2cc(Cl)ccc2CCn2ncnc21. The summed E-state index contributed by atoms with van der Waals surface area (Å²) in [5.41, 5.74) is 1.93. The highest BCUT2D eigenvalue weighted by atomic mass is 35.5. The van der Waals surface area contributed by atoms with Crippen molar-refractivity contribution in [2.24, 2.45) is 0 Å². The van der Waals surface area contributed by atoms with Gasteiger partial charge in [-0.3, -0.25) is 0 Å². The molecule has 0 radical (unpaired) electrons. The van der Waals surface area contributed by atoms with Crippen LogP contribution in [0.4, 0.5) is 0 Å². The number of benzene rings is 1.